The third-order valence-electron chi connectivity index (χ3n) is 4.87. The predicted octanol–water partition coefficient (Wildman–Crippen LogP) is 1.66. The summed E-state index contributed by atoms with van der Waals surface area (Å²) in [5, 5.41) is 3.01. The Morgan fingerprint density at radius 1 is 1.29 bits per heavy atom. The molecule has 2 aliphatic carbocycles. The summed E-state index contributed by atoms with van der Waals surface area (Å²) in [6.45, 7) is 4.76. The van der Waals surface area contributed by atoms with Crippen LogP contribution in [0, 0.1) is 0 Å². The zero-order valence-corrected chi connectivity index (χ0v) is 13.1. The van der Waals surface area contributed by atoms with E-state index in [1.54, 1.807) is 0 Å². The topological polar surface area (TPSA) is 50.8 Å². The number of carbonyl (C=O) groups is 1. The maximum atomic E-state index is 12.0. The van der Waals surface area contributed by atoms with Crippen molar-refractivity contribution in [2.24, 2.45) is 0 Å². The summed E-state index contributed by atoms with van der Waals surface area (Å²) in [5.41, 5.74) is 0. The minimum Gasteiger partial charge on any atom is -0.352 e. The summed E-state index contributed by atoms with van der Waals surface area (Å²) < 4.78 is 12.0. The van der Waals surface area contributed by atoms with Crippen molar-refractivity contribution >= 4 is 5.91 Å². The summed E-state index contributed by atoms with van der Waals surface area (Å²) >= 11 is 0. The Labute approximate surface area is 127 Å². The van der Waals surface area contributed by atoms with E-state index in [-0.39, 0.29) is 17.8 Å². The lowest BCUT2D eigenvalue weighted by Gasteiger charge is -2.31. The van der Waals surface area contributed by atoms with Crippen molar-refractivity contribution in [2.75, 3.05) is 26.2 Å². The summed E-state index contributed by atoms with van der Waals surface area (Å²) in [4.78, 5) is 14.3. The van der Waals surface area contributed by atoms with Crippen LogP contribution in [0.1, 0.15) is 51.9 Å². The van der Waals surface area contributed by atoms with E-state index in [1.807, 2.05) is 0 Å². The molecule has 1 N–H and O–H groups in total. The fourth-order valence-corrected chi connectivity index (χ4v) is 3.48. The lowest BCUT2D eigenvalue weighted by Crippen LogP contribution is -2.42. The van der Waals surface area contributed by atoms with Crippen LogP contribution in [0.25, 0.3) is 0 Å². The molecule has 1 atom stereocenters. The molecule has 3 aliphatic rings. The molecule has 0 bridgehead atoms. The van der Waals surface area contributed by atoms with E-state index in [4.69, 9.17) is 9.47 Å². The number of rotatable bonds is 6. The third kappa shape index (κ3) is 3.96. The molecule has 0 aromatic heterocycles. The molecule has 3 rings (SSSR count). The molecule has 1 saturated heterocycles. The number of hydrogen-bond donors (Lipinski definition) is 1. The van der Waals surface area contributed by atoms with Crippen LogP contribution in [-0.2, 0) is 14.3 Å². The van der Waals surface area contributed by atoms with Crippen molar-refractivity contribution in [3.05, 3.63) is 0 Å². The number of nitrogens with one attached hydrogen (secondary N) is 1. The van der Waals surface area contributed by atoms with E-state index in [2.05, 4.69) is 17.1 Å². The van der Waals surface area contributed by atoms with Gasteiger partial charge >= 0.3 is 0 Å². The van der Waals surface area contributed by atoms with Gasteiger partial charge < -0.3 is 14.8 Å². The Hall–Kier alpha value is -0.650. The Morgan fingerprint density at radius 2 is 2.05 bits per heavy atom. The van der Waals surface area contributed by atoms with Crippen LogP contribution in [0.4, 0.5) is 0 Å². The van der Waals surface area contributed by atoms with Gasteiger partial charge in [0.25, 0.3) is 0 Å². The SMILES string of the molecule is CCN(CC(=O)NCC1COC2(CCCCC2)O1)C1CC1. The maximum Gasteiger partial charge on any atom is 0.234 e. The Bertz CT molecular complexity index is 365. The molecule has 1 aliphatic heterocycles. The first-order valence-corrected chi connectivity index (χ1v) is 8.53. The average Bonchev–Trinajstić information content (AvgIpc) is 3.27. The second-order valence-electron chi connectivity index (χ2n) is 6.62. The Balaban J connectivity index is 1.38. The highest BCUT2D eigenvalue weighted by Crippen LogP contribution is 2.37. The zero-order valence-electron chi connectivity index (χ0n) is 13.1. The van der Waals surface area contributed by atoms with E-state index < -0.39 is 0 Å². The second-order valence-corrected chi connectivity index (χ2v) is 6.62. The van der Waals surface area contributed by atoms with Crippen molar-refractivity contribution in [1.82, 2.24) is 10.2 Å². The van der Waals surface area contributed by atoms with E-state index >= 15 is 0 Å². The molecule has 1 amide bonds. The molecule has 5 nitrogen and oxygen atoms in total. The third-order valence-corrected chi connectivity index (χ3v) is 4.87. The van der Waals surface area contributed by atoms with Gasteiger partial charge in [-0.05, 0) is 32.2 Å². The van der Waals surface area contributed by atoms with Gasteiger partial charge in [0, 0.05) is 25.4 Å². The standard InChI is InChI=1S/C16H28N2O3/c1-2-18(13-6-7-13)11-15(19)17-10-14-12-20-16(21-14)8-4-3-5-9-16/h13-14H,2-12H2,1H3,(H,17,19). The first kappa shape index (κ1) is 15.3. The molecule has 21 heavy (non-hydrogen) atoms. The fourth-order valence-electron chi connectivity index (χ4n) is 3.48. The predicted molar refractivity (Wildman–Crippen MR) is 79.9 cm³/mol. The van der Waals surface area contributed by atoms with Gasteiger partial charge in [-0.1, -0.05) is 13.3 Å². The highest BCUT2D eigenvalue weighted by Gasteiger charge is 2.42. The van der Waals surface area contributed by atoms with Gasteiger partial charge in [-0.25, -0.2) is 0 Å². The molecule has 120 valence electrons. The second kappa shape index (κ2) is 6.63. The van der Waals surface area contributed by atoms with E-state index in [1.165, 1.54) is 32.1 Å². The number of hydrogen-bond acceptors (Lipinski definition) is 4. The van der Waals surface area contributed by atoms with E-state index in [0.717, 1.165) is 19.4 Å². The van der Waals surface area contributed by atoms with Gasteiger partial charge in [0.1, 0.15) is 6.10 Å². The van der Waals surface area contributed by atoms with Crippen LogP contribution >= 0.6 is 0 Å². The number of ether oxygens (including phenoxy) is 2. The summed E-state index contributed by atoms with van der Waals surface area (Å²) in [5.74, 6) is -0.228. The van der Waals surface area contributed by atoms with E-state index in [0.29, 0.717) is 25.7 Å². The lowest BCUT2D eigenvalue weighted by atomic mass is 9.94. The fraction of sp³-hybridized carbons (Fsp3) is 0.938. The smallest absolute Gasteiger partial charge is 0.234 e. The molecule has 2 saturated carbocycles. The highest BCUT2D eigenvalue weighted by molar-refractivity contribution is 5.78. The minimum atomic E-state index is -0.336. The van der Waals surface area contributed by atoms with Crippen molar-refractivity contribution in [3.63, 3.8) is 0 Å². The zero-order chi connectivity index (χ0) is 14.7. The first-order valence-electron chi connectivity index (χ1n) is 8.53. The summed E-state index contributed by atoms with van der Waals surface area (Å²) in [6.07, 6.45) is 8.16. The number of nitrogens with zero attached hydrogens (tertiary/aromatic N) is 1. The van der Waals surface area contributed by atoms with Crippen molar-refractivity contribution in [1.29, 1.82) is 0 Å². The summed E-state index contributed by atoms with van der Waals surface area (Å²) in [7, 11) is 0. The monoisotopic (exact) mass is 296 g/mol. The molecular formula is C16H28N2O3. The molecule has 1 unspecified atom stereocenters. The normalized spacial score (nSPS) is 28.2. The summed E-state index contributed by atoms with van der Waals surface area (Å²) in [6, 6.07) is 0.636. The van der Waals surface area contributed by atoms with Crippen molar-refractivity contribution < 1.29 is 14.3 Å². The molecule has 5 heteroatoms. The van der Waals surface area contributed by atoms with Gasteiger partial charge in [-0.2, -0.15) is 0 Å². The number of carbonyl (C=O) groups excluding carboxylic acids is 1. The van der Waals surface area contributed by atoms with Crippen LogP contribution in [0.15, 0.2) is 0 Å². The van der Waals surface area contributed by atoms with Crippen LogP contribution < -0.4 is 5.32 Å². The van der Waals surface area contributed by atoms with Gasteiger partial charge in [-0.15, -0.1) is 0 Å². The Kier molecular flexibility index (Phi) is 4.82. The van der Waals surface area contributed by atoms with Gasteiger partial charge in [0.15, 0.2) is 5.79 Å². The van der Waals surface area contributed by atoms with Gasteiger partial charge in [0.05, 0.1) is 13.2 Å². The molecule has 0 aromatic carbocycles. The molecule has 0 radical (unpaired) electrons. The Morgan fingerprint density at radius 3 is 2.71 bits per heavy atom. The molecule has 3 fully saturated rings. The first-order chi connectivity index (χ1) is 10.2. The van der Waals surface area contributed by atoms with Crippen molar-refractivity contribution in [2.45, 2.75) is 69.8 Å². The molecule has 1 spiro atoms. The quantitative estimate of drug-likeness (QED) is 0.810. The largest absolute Gasteiger partial charge is 0.352 e. The number of likely N-dealkylation sites (N-methyl/N-ethyl adjacent to an activating group) is 1. The van der Waals surface area contributed by atoms with Gasteiger partial charge in [-0.3, -0.25) is 9.69 Å². The van der Waals surface area contributed by atoms with Gasteiger partial charge in [0.2, 0.25) is 5.91 Å². The minimum absolute atomic E-state index is 0.0167. The molecule has 1 heterocycles. The molecular weight excluding hydrogens is 268 g/mol. The molecule has 0 aromatic rings. The van der Waals surface area contributed by atoms with Crippen LogP contribution in [-0.4, -0.2) is 55.0 Å². The average molecular weight is 296 g/mol. The van der Waals surface area contributed by atoms with Crippen LogP contribution in [0.2, 0.25) is 0 Å². The van der Waals surface area contributed by atoms with Crippen LogP contribution in [0.3, 0.4) is 0 Å². The van der Waals surface area contributed by atoms with Crippen LogP contribution in [0.5, 0.6) is 0 Å². The van der Waals surface area contributed by atoms with E-state index in [9.17, 15) is 4.79 Å². The number of amides is 1. The lowest BCUT2D eigenvalue weighted by molar-refractivity contribution is -0.186. The maximum absolute atomic E-state index is 12.0. The van der Waals surface area contributed by atoms with Crippen molar-refractivity contribution in [3.8, 4) is 0 Å². The highest BCUT2D eigenvalue weighted by atomic mass is 16.7.